The summed E-state index contributed by atoms with van der Waals surface area (Å²) in [6, 6.07) is 45.4. The number of aromatic hydroxyl groups is 1. The second-order valence-corrected chi connectivity index (χ2v) is 17.5. The van der Waals surface area contributed by atoms with Crippen molar-refractivity contribution >= 4 is 11.0 Å². The summed E-state index contributed by atoms with van der Waals surface area (Å²) in [5.41, 5.74) is 7.21. The van der Waals surface area contributed by atoms with Crippen molar-refractivity contribution in [2.45, 2.75) is 85.3 Å². The number of benzene rings is 6. The molecule has 8 rings (SSSR count). The molecule has 306 valence electrons. The van der Waals surface area contributed by atoms with Crippen LogP contribution < -0.4 is 0 Å². The maximum Gasteiger partial charge on any atom is 0.148 e. The molecule has 0 atom stereocenters. The van der Waals surface area contributed by atoms with Crippen molar-refractivity contribution < 1.29 is 38.5 Å². The van der Waals surface area contributed by atoms with Gasteiger partial charge in [0.1, 0.15) is 11.6 Å². The molecule has 0 radical (unpaired) electrons. The Kier molecular flexibility index (Phi) is 8.66. The van der Waals surface area contributed by atoms with E-state index in [1.165, 1.54) is 6.07 Å². The Morgan fingerprint density at radius 1 is 0.583 bits per heavy atom. The first kappa shape index (κ1) is 32.2. The number of phenolic OH excluding ortho intramolecular Hbond substituents is 1. The number of hydrogen-bond donors (Lipinski definition) is 1. The molecule has 0 spiro atoms. The third kappa shape index (κ3) is 8.41. The summed E-state index contributed by atoms with van der Waals surface area (Å²) >= 11 is 0. The van der Waals surface area contributed by atoms with Crippen LogP contribution in [0.15, 0.2) is 140 Å². The first-order valence-corrected chi connectivity index (χ1v) is 19.9. The van der Waals surface area contributed by atoms with Crippen LogP contribution in [0.25, 0.3) is 72.7 Å². The van der Waals surface area contributed by atoms with E-state index in [0.717, 1.165) is 62.3 Å². The summed E-state index contributed by atoms with van der Waals surface area (Å²) in [4.78, 5) is 10.1. The Balaban J connectivity index is 0.00000703. The summed E-state index contributed by atoms with van der Waals surface area (Å²) < 4.78 is 78.6. The minimum atomic E-state index is -3.53. The van der Waals surface area contributed by atoms with E-state index in [9.17, 15) is 5.11 Å². The summed E-state index contributed by atoms with van der Waals surface area (Å²) in [6.45, 7) is 4.25. The quantitative estimate of drug-likeness (QED) is 0.169. The fourth-order valence-electron chi connectivity index (χ4n) is 7.53. The summed E-state index contributed by atoms with van der Waals surface area (Å²) in [6.07, 6.45) is 1.80. The second kappa shape index (κ2) is 16.1. The summed E-state index contributed by atoms with van der Waals surface area (Å²) in [5.74, 6) is -0.235. The molecule has 5 heteroatoms. The van der Waals surface area contributed by atoms with Gasteiger partial charge in [-0.2, -0.15) is 0 Å². The first-order valence-electron chi connectivity index (χ1n) is 24.4. The van der Waals surface area contributed by atoms with Crippen molar-refractivity contribution in [1.82, 2.24) is 14.5 Å². The average Bonchev–Trinajstić information content (AvgIpc) is 3.65. The zero-order valence-corrected chi connectivity index (χ0v) is 37.2. The van der Waals surface area contributed by atoms with Gasteiger partial charge in [-0.05, 0) is 87.4 Å². The predicted octanol–water partition coefficient (Wildman–Crippen LogP) is 14.5. The molecule has 0 saturated carbocycles. The van der Waals surface area contributed by atoms with E-state index < -0.39 is 31.5 Å². The van der Waals surface area contributed by atoms with Crippen LogP contribution in [0.5, 0.6) is 5.75 Å². The van der Waals surface area contributed by atoms with Gasteiger partial charge < -0.3 is 5.11 Å². The van der Waals surface area contributed by atoms with Crippen molar-refractivity contribution in [3.63, 3.8) is 0 Å². The number of phenols is 1. The van der Waals surface area contributed by atoms with Crippen LogP contribution in [0.2, 0.25) is 0 Å². The van der Waals surface area contributed by atoms with Crippen molar-refractivity contribution in [2.24, 2.45) is 0 Å². The molecule has 6 aromatic carbocycles. The molecule has 0 saturated heterocycles. The number of imidazole rings is 1. The number of pyridine rings is 1. The Hall–Kier alpha value is -5.57. The molecule has 0 unspecified atom stereocenters. The molecule has 0 bridgehead atoms. The van der Waals surface area contributed by atoms with E-state index in [1.807, 2.05) is 71.3 Å². The number of para-hydroxylation sites is 1. The van der Waals surface area contributed by atoms with Crippen molar-refractivity contribution in [3.8, 4) is 67.5 Å². The number of nitrogens with zero attached hydrogens (tertiary/aromatic N) is 3. The Morgan fingerprint density at radius 2 is 1.25 bits per heavy atom. The topological polar surface area (TPSA) is 50.9 Å². The molecule has 0 fully saturated rings. The van der Waals surface area contributed by atoms with Crippen molar-refractivity contribution in [3.05, 3.63) is 168 Å². The van der Waals surface area contributed by atoms with Gasteiger partial charge in [-0.1, -0.05) is 164 Å². The van der Waals surface area contributed by atoms with E-state index in [2.05, 4.69) is 103 Å². The van der Waals surface area contributed by atoms with Gasteiger partial charge in [-0.25, -0.2) is 4.98 Å². The van der Waals surface area contributed by atoms with Gasteiger partial charge >= 0.3 is 0 Å². The largest absolute Gasteiger partial charge is 0.507 e. The van der Waals surface area contributed by atoms with Crippen LogP contribution in [0.1, 0.15) is 96.7 Å². The third-order valence-electron chi connectivity index (χ3n) is 11.0. The maximum absolute atomic E-state index is 11.9. The van der Waals surface area contributed by atoms with E-state index >= 15 is 0 Å². The Labute approximate surface area is 383 Å². The van der Waals surface area contributed by atoms with Crippen LogP contribution in [-0.4, -0.2) is 19.6 Å². The summed E-state index contributed by atoms with van der Waals surface area (Å²) in [7, 11) is 0. The Morgan fingerprint density at radius 3 is 1.95 bits per heavy atom. The molecule has 8 aromatic rings. The van der Waals surface area contributed by atoms with Crippen molar-refractivity contribution in [2.75, 3.05) is 0 Å². The van der Waals surface area contributed by atoms with Crippen LogP contribution in [0.3, 0.4) is 0 Å². The SMILES string of the molecule is [2H]C([2H])([2H])C(c1ccc(O)c(-c2nc3c(-c4[c-]c(-c5cc(-c6ccc(C)cc6)ccn5)cc(C(C)(C)C)c4)cccc3n2-c2ccc(C(C)(C)C)cc2-c2ccccc2)c1)(C([2H])([2H])[2H])C([2H])([2H])[2H].[Pt]. The minimum Gasteiger partial charge on any atom is -0.507 e. The van der Waals surface area contributed by atoms with Gasteiger partial charge in [0.05, 0.1) is 22.3 Å². The fraction of sp³-hybridized carbons (Fsp3) is 0.236. The standard InChI is InChI=1S/C55H54N3O.Pt/c1-35-19-21-36(22-20-35)38-27-28-56-47(32-38)40-29-39(30-43(31-40)55(8,9)10)44-17-14-18-49-51(44)57-52(46-34-42(54(5,6)7)24-26-50(46)59)58(49)48-25-23-41(53(2,3)4)33-45(48)37-15-12-11-13-16-37;/h11-28,30-34,59H,1-10H3;/q-1;/i5D3,6D3,7D3;. The molecule has 2 aromatic heterocycles. The second-order valence-electron chi connectivity index (χ2n) is 17.5. The number of hydrogen-bond acceptors (Lipinski definition) is 3. The van der Waals surface area contributed by atoms with Gasteiger partial charge in [0, 0.05) is 50.9 Å². The first-order chi connectivity index (χ1) is 31.7. The van der Waals surface area contributed by atoms with E-state index in [1.54, 1.807) is 6.20 Å². The van der Waals surface area contributed by atoms with Gasteiger partial charge in [0.2, 0.25) is 0 Å². The molecule has 2 heterocycles. The van der Waals surface area contributed by atoms with E-state index in [4.69, 9.17) is 22.3 Å². The molecule has 0 amide bonds. The van der Waals surface area contributed by atoms with E-state index in [-0.39, 0.29) is 49.0 Å². The van der Waals surface area contributed by atoms with Crippen LogP contribution in [0, 0.1) is 13.0 Å². The number of aromatic nitrogens is 3. The molecule has 0 aliphatic rings. The molecular weight excluding hydrogens is 914 g/mol. The van der Waals surface area contributed by atoms with E-state index in [0.29, 0.717) is 27.8 Å². The van der Waals surface area contributed by atoms with Crippen LogP contribution in [0.4, 0.5) is 0 Å². The van der Waals surface area contributed by atoms with Crippen LogP contribution >= 0.6 is 0 Å². The number of fused-ring (bicyclic) bond motifs is 1. The zero-order valence-electron chi connectivity index (χ0n) is 43.9. The molecule has 1 N–H and O–H groups in total. The zero-order chi connectivity index (χ0) is 49.4. The number of rotatable bonds is 6. The molecule has 0 aliphatic carbocycles. The monoisotopic (exact) mass is 976 g/mol. The number of aryl methyl sites for hydroxylation is 1. The van der Waals surface area contributed by atoms with Crippen LogP contribution in [-0.2, 0) is 37.3 Å². The van der Waals surface area contributed by atoms with Gasteiger partial charge in [-0.3, -0.25) is 9.55 Å². The smallest absolute Gasteiger partial charge is 0.148 e. The molecule has 60 heavy (non-hydrogen) atoms. The Bertz CT molecular complexity index is 3140. The fourth-order valence-corrected chi connectivity index (χ4v) is 7.53. The predicted molar refractivity (Wildman–Crippen MR) is 247 cm³/mol. The third-order valence-corrected chi connectivity index (χ3v) is 11.0. The minimum absolute atomic E-state index is 0. The normalized spacial score (nSPS) is 14.9. The molecule has 4 nitrogen and oxygen atoms in total. The van der Waals surface area contributed by atoms with Gasteiger partial charge in [0.25, 0.3) is 0 Å². The average molecular weight is 977 g/mol. The maximum atomic E-state index is 11.9. The van der Waals surface area contributed by atoms with Crippen molar-refractivity contribution in [1.29, 1.82) is 0 Å². The molecule has 0 aliphatic heterocycles. The summed E-state index contributed by atoms with van der Waals surface area (Å²) in [5, 5.41) is 11.9. The molecular formula is C55H54N3OPt-. The van der Waals surface area contributed by atoms with Gasteiger partial charge in [0.15, 0.2) is 0 Å². The van der Waals surface area contributed by atoms with Gasteiger partial charge in [-0.15, -0.1) is 29.3 Å².